The highest BCUT2D eigenvalue weighted by molar-refractivity contribution is 5.33. The average Bonchev–Trinajstić information content (AvgIpc) is 2.69. The van der Waals surface area contributed by atoms with Gasteiger partial charge in [-0.2, -0.15) is 0 Å². The van der Waals surface area contributed by atoms with E-state index >= 15 is 0 Å². The van der Waals surface area contributed by atoms with Gasteiger partial charge in [-0.15, -0.1) is 0 Å². The lowest BCUT2D eigenvalue weighted by atomic mass is 9.93. The normalized spacial score (nSPS) is 18.4. The van der Waals surface area contributed by atoms with Crippen molar-refractivity contribution in [1.82, 2.24) is 4.57 Å². The zero-order chi connectivity index (χ0) is 13.4. The molecule has 2 N–H and O–H groups in total. The van der Waals surface area contributed by atoms with Crippen molar-refractivity contribution in [3.8, 4) is 0 Å². The monoisotopic (exact) mass is 258 g/mol. The molecule has 1 aliphatic rings. The summed E-state index contributed by atoms with van der Waals surface area (Å²) in [6.45, 7) is 2.83. The first-order chi connectivity index (χ1) is 9.15. The molecule has 0 amide bonds. The van der Waals surface area contributed by atoms with Crippen LogP contribution in [0.5, 0.6) is 0 Å². The summed E-state index contributed by atoms with van der Waals surface area (Å²) in [6.07, 6.45) is 3.28. The molecule has 0 fully saturated rings. The van der Waals surface area contributed by atoms with Gasteiger partial charge < -0.3 is 10.3 Å². The topological polar surface area (TPSA) is 30.9 Å². The molecule has 3 rings (SSSR count). The minimum Gasteiger partial charge on any atom is -0.344 e. The van der Waals surface area contributed by atoms with Gasteiger partial charge in [0.2, 0.25) is 0 Å². The van der Waals surface area contributed by atoms with E-state index in [-0.39, 0.29) is 11.9 Å². The third-order valence-electron chi connectivity index (χ3n) is 4.01. The third kappa shape index (κ3) is 2.30. The number of nitrogens with two attached hydrogens (primary N) is 1. The molecule has 1 aromatic heterocycles. The molecule has 1 unspecified atom stereocenters. The zero-order valence-corrected chi connectivity index (χ0v) is 11.2. The number of nitrogens with zero attached hydrogens (tertiary/aromatic N) is 1. The summed E-state index contributed by atoms with van der Waals surface area (Å²) in [4.78, 5) is 0. The molecular weight excluding hydrogens is 239 g/mol. The molecule has 0 aliphatic heterocycles. The molecule has 0 bridgehead atoms. The van der Waals surface area contributed by atoms with Crippen LogP contribution in [0, 0.1) is 12.7 Å². The quantitative estimate of drug-likeness (QED) is 0.880. The van der Waals surface area contributed by atoms with Crippen LogP contribution < -0.4 is 5.73 Å². The van der Waals surface area contributed by atoms with Crippen molar-refractivity contribution in [3.05, 3.63) is 58.7 Å². The molecule has 1 aliphatic carbocycles. The summed E-state index contributed by atoms with van der Waals surface area (Å²) in [5, 5.41) is 0. The maximum atomic E-state index is 13.3. The zero-order valence-electron chi connectivity index (χ0n) is 11.2. The SMILES string of the molecule is Cc1cc2c(n1Cc1cccc(F)c1)CCCC2N. The van der Waals surface area contributed by atoms with Crippen LogP contribution in [-0.4, -0.2) is 4.57 Å². The Balaban J connectivity index is 1.97. The van der Waals surface area contributed by atoms with Crippen LogP contribution in [0.4, 0.5) is 4.39 Å². The van der Waals surface area contributed by atoms with Crippen LogP contribution in [0.1, 0.15) is 41.4 Å². The van der Waals surface area contributed by atoms with Gasteiger partial charge in [0.1, 0.15) is 5.82 Å². The van der Waals surface area contributed by atoms with Crippen LogP contribution >= 0.6 is 0 Å². The standard InChI is InChI=1S/C16H19FN2/c1-11-8-14-15(18)6-3-7-16(14)19(11)10-12-4-2-5-13(17)9-12/h2,4-5,8-9,15H,3,6-7,10,18H2,1H3. The summed E-state index contributed by atoms with van der Waals surface area (Å²) in [5.41, 5.74) is 11.0. The lowest BCUT2D eigenvalue weighted by molar-refractivity contribution is 0.546. The van der Waals surface area contributed by atoms with Gasteiger partial charge in [0.25, 0.3) is 0 Å². The molecule has 0 spiro atoms. The second-order valence-electron chi connectivity index (χ2n) is 5.40. The Kier molecular flexibility index (Phi) is 3.15. The summed E-state index contributed by atoms with van der Waals surface area (Å²) >= 11 is 0. The molecule has 2 aromatic rings. The van der Waals surface area contributed by atoms with Gasteiger partial charge in [0.05, 0.1) is 0 Å². The number of hydrogen-bond acceptors (Lipinski definition) is 1. The van der Waals surface area contributed by atoms with Crippen LogP contribution in [0.2, 0.25) is 0 Å². The molecule has 1 heterocycles. The smallest absolute Gasteiger partial charge is 0.123 e. The molecule has 0 saturated carbocycles. The highest BCUT2D eigenvalue weighted by atomic mass is 19.1. The van der Waals surface area contributed by atoms with Gasteiger partial charge in [-0.3, -0.25) is 0 Å². The number of benzene rings is 1. The van der Waals surface area contributed by atoms with E-state index < -0.39 is 0 Å². The Morgan fingerprint density at radius 1 is 1.37 bits per heavy atom. The van der Waals surface area contributed by atoms with E-state index in [4.69, 9.17) is 5.73 Å². The Morgan fingerprint density at radius 2 is 2.21 bits per heavy atom. The van der Waals surface area contributed by atoms with Gasteiger partial charge in [0.15, 0.2) is 0 Å². The van der Waals surface area contributed by atoms with Crippen molar-refractivity contribution >= 4 is 0 Å². The number of aryl methyl sites for hydroxylation is 1. The highest BCUT2D eigenvalue weighted by Gasteiger charge is 2.21. The Bertz CT molecular complexity index is 601. The predicted octanol–water partition coefficient (Wildman–Crippen LogP) is 3.32. The Labute approximate surface area is 113 Å². The fraction of sp³-hybridized carbons (Fsp3) is 0.375. The van der Waals surface area contributed by atoms with Crippen molar-refractivity contribution in [2.24, 2.45) is 5.73 Å². The molecule has 0 radical (unpaired) electrons. The van der Waals surface area contributed by atoms with E-state index in [0.29, 0.717) is 0 Å². The average molecular weight is 258 g/mol. The minimum atomic E-state index is -0.173. The molecule has 19 heavy (non-hydrogen) atoms. The summed E-state index contributed by atoms with van der Waals surface area (Å²) < 4.78 is 15.5. The highest BCUT2D eigenvalue weighted by Crippen LogP contribution is 2.31. The number of fused-ring (bicyclic) bond motifs is 1. The van der Waals surface area contributed by atoms with Gasteiger partial charge >= 0.3 is 0 Å². The van der Waals surface area contributed by atoms with Gasteiger partial charge in [-0.1, -0.05) is 12.1 Å². The molecule has 0 saturated heterocycles. The van der Waals surface area contributed by atoms with Crippen molar-refractivity contribution < 1.29 is 4.39 Å². The minimum absolute atomic E-state index is 0.163. The number of aromatic nitrogens is 1. The van der Waals surface area contributed by atoms with E-state index in [9.17, 15) is 4.39 Å². The molecule has 2 nitrogen and oxygen atoms in total. The summed E-state index contributed by atoms with van der Waals surface area (Å²) in [6, 6.07) is 9.18. The molecule has 100 valence electrons. The third-order valence-corrected chi connectivity index (χ3v) is 4.01. The second kappa shape index (κ2) is 4.82. The fourth-order valence-corrected chi connectivity index (χ4v) is 3.04. The maximum Gasteiger partial charge on any atom is 0.123 e. The van der Waals surface area contributed by atoms with Gasteiger partial charge in [-0.05, 0) is 55.5 Å². The maximum absolute atomic E-state index is 13.3. The van der Waals surface area contributed by atoms with Crippen LogP contribution in [-0.2, 0) is 13.0 Å². The molecule has 1 atom stereocenters. The largest absolute Gasteiger partial charge is 0.344 e. The summed E-state index contributed by atoms with van der Waals surface area (Å²) in [5.74, 6) is -0.173. The number of hydrogen-bond donors (Lipinski definition) is 1. The van der Waals surface area contributed by atoms with Crippen molar-refractivity contribution in [3.63, 3.8) is 0 Å². The van der Waals surface area contributed by atoms with Crippen LogP contribution in [0.25, 0.3) is 0 Å². The van der Waals surface area contributed by atoms with E-state index in [1.54, 1.807) is 12.1 Å². The van der Waals surface area contributed by atoms with E-state index in [2.05, 4.69) is 17.6 Å². The first-order valence-corrected chi connectivity index (χ1v) is 6.84. The van der Waals surface area contributed by atoms with E-state index in [0.717, 1.165) is 31.4 Å². The number of halogens is 1. The lowest BCUT2D eigenvalue weighted by Crippen LogP contribution is -2.18. The van der Waals surface area contributed by atoms with E-state index in [1.807, 2.05) is 6.07 Å². The molecule has 3 heteroatoms. The first-order valence-electron chi connectivity index (χ1n) is 6.84. The van der Waals surface area contributed by atoms with E-state index in [1.165, 1.54) is 23.0 Å². The molecular formula is C16H19FN2. The summed E-state index contributed by atoms with van der Waals surface area (Å²) in [7, 11) is 0. The number of rotatable bonds is 2. The van der Waals surface area contributed by atoms with Gasteiger partial charge in [0, 0.05) is 24.0 Å². The van der Waals surface area contributed by atoms with Crippen molar-refractivity contribution in [1.29, 1.82) is 0 Å². The van der Waals surface area contributed by atoms with Crippen LogP contribution in [0.15, 0.2) is 30.3 Å². The van der Waals surface area contributed by atoms with Crippen LogP contribution in [0.3, 0.4) is 0 Å². The molecule has 1 aromatic carbocycles. The first kappa shape index (κ1) is 12.4. The predicted molar refractivity (Wildman–Crippen MR) is 74.5 cm³/mol. The fourth-order valence-electron chi connectivity index (χ4n) is 3.04. The Hall–Kier alpha value is -1.61. The Morgan fingerprint density at radius 3 is 3.00 bits per heavy atom. The van der Waals surface area contributed by atoms with Gasteiger partial charge in [-0.25, -0.2) is 4.39 Å². The van der Waals surface area contributed by atoms with Crippen molar-refractivity contribution in [2.45, 2.75) is 38.8 Å². The van der Waals surface area contributed by atoms with Crippen molar-refractivity contribution in [2.75, 3.05) is 0 Å². The second-order valence-corrected chi connectivity index (χ2v) is 5.40. The lowest BCUT2D eigenvalue weighted by Gasteiger charge is -2.21.